The maximum atomic E-state index is 12.7. The Kier molecular flexibility index (Phi) is 6.99. The first kappa shape index (κ1) is 22.8. The zero-order valence-electron chi connectivity index (χ0n) is 16.2. The minimum atomic E-state index is -3.80. The van der Waals surface area contributed by atoms with Crippen LogP contribution in [0, 0.1) is 17.0 Å². The van der Waals surface area contributed by atoms with Crippen molar-refractivity contribution in [3.63, 3.8) is 0 Å². The Morgan fingerprint density at radius 2 is 1.71 bits per heavy atom. The van der Waals surface area contributed by atoms with E-state index in [0.29, 0.717) is 26.4 Å². The molecule has 0 saturated heterocycles. The number of non-ortho nitro benzene ring substituents is 1. The van der Waals surface area contributed by atoms with E-state index in [1.807, 2.05) is 6.92 Å². The number of nitrogens with one attached hydrogen (secondary N) is 2. The molecule has 0 aliphatic carbocycles. The van der Waals surface area contributed by atoms with Crippen molar-refractivity contribution < 1.29 is 13.3 Å². The summed E-state index contributed by atoms with van der Waals surface area (Å²) in [5.74, 6) is 0. The minimum Gasteiger partial charge on any atom is -0.353 e. The fourth-order valence-electron chi connectivity index (χ4n) is 2.61. The van der Waals surface area contributed by atoms with E-state index in [4.69, 9.17) is 11.6 Å². The number of rotatable bonds is 7. The second-order valence-corrected chi connectivity index (χ2v) is 9.55. The van der Waals surface area contributed by atoms with E-state index in [9.17, 15) is 18.5 Å². The van der Waals surface area contributed by atoms with E-state index in [1.165, 1.54) is 36.5 Å². The first-order chi connectivity index (χ1) is 14.7. The highest BCUT2D eigenvalue weighted by molar-refractivity contribution is 9.10. The van der Waals surface area contributed by atoms with E-state index >= 15 is 0 Å². The van der Waals surface area contributed by atoms with Crippen LogP contribution in [-0.4, -0.2) is 13.3 Å². The van der Waals surface area contributed by atoms with Gasteiger partial charge in [0.1, 0.15) is 0 Å². The van der Waals surface area contributed by atoms with Gasteiger partial charge in [0.2, 0.25) is 0 Å². The SMILES string of the molecule is Cc1ccc(S(=O)(=O)N/C=C(\Nc2ccc([N+](=O)[O-])cc2Br)c2ccc(Cl)cc2)cc1. The summed E-state index contributed by atoms with van der Waals surface area (Å²) >= 11 is 9.28. The Bertz CT molecular complexity index is 1240. The predicted molar refractivity (Wildman–Crippen MR) is 125 cm³/mol. The van der Waals surface area contributed by atoms with E-state index in [0.717, 1.165) is 5.56 Å². The number of anilines is 1. The van der Waals surface area contributed by atoms with Crippen molar-refractivity contribution in [1.29, 1.82) is 0 Å². The Morgan fingerprint density at radius 3 is 2.29 bits per heavy atom. The van der Waals surface area contributed by atoms with Gasteiger partial charge < -0.3 is 5.32 Å². The second kappa shape index (κ2) is 9.51. The van der Waals surface area contributed by atoms with Gasteiger partial charge in [-0.1, -0.05) is 41.4 Å². The molecule has 31 heavy (non-hydrogen) atoms. The molecule has 0 fully saturated rings. The van der Waals surface area contributed by atoms with Crippen molar-refractivity contribution in [1.82, 2.24) is 4.72 Å². The summed E-state index contributed by atoms with van der Waals surface area (Å²) < 4.78 is 28.3. The molecule has 0 aliphatic rings. The maximum absolute atomic E-state index is 12.7. The summed E-state index contributed by atoms with van der Waals surface area (Å²) in [5, 5.41) is 14.6. The van der Waals surface area contributed by atoms with Gasteiger partial charge in [-0.3, -0.25) is 14.8 Å². The minimum absolute atomic E-state index is 0.0745. The van der Waals surface area contributed by atoms with Crippen LogP contribution >= 0.6 is 27.5 Å². The molecular weight excluding hydrogens is 506 g/mol. The van der Waals surface area contributed by atoms with Crippen LogP contribution in [0.1, 0.15) is 11.1 Å². The smallest absolute Gasteiger partial charge is 0.270 e. The Balaban J connectivity index is 1.96. The summed E-state index contributed by atoms with van der Waals surface area (Å²) in [6.07, 6.45) is 1.33. The van der Waals surface area contributed by atoms with Gasteiger partial charge >= 0.3 is 0 Å². The highest BCUT2D eigenvalue weighted by Crippen LogP contribution is 2.30. The van der Waals surface area contributed by atoms with Crippen LogP contribution in [0.15, 0.2) is 82.3 Å². The number of benzene rings is 3. The molecule has 3 rings (SSSR count). The third kappa shape index (κ3) is 5.84. The number of sulfonamides is 1. The first-order valence-corrected chi connectivity index (χ1v) is 11.6. The molecular formula is C21H17BrClN3O4S. The van der Waals surface area contributed by atoms with Crippen LogP contribution in [0.5, 0.6) is 0 Å². The van der Waals surface area contributed by atoms with Crippen molar-refractivity contribution in [2.45, 2.75) is 11.8 Å². The topological polar surface area (TPSA) is 101 Å². The normalized spacial score (nSPS) is 11.8. The molecule has 10 heteroatoms. The van der Waals surface area contributed by atoms with Crippen LogP contribution in [0.4, 0.5) is 11.4 Å². The van der Waals surface area contributed by atoms with E-state index in [2.05, 4.69) is 26.0 Å². The molecule has 0 radical (unpaired) electrons. The summed E-state index contributed by atoms with van der Waals surface area (Å²) in [7, 11) is -3.80. The largest absolute Gasteiger partial charge is 0.353 e. The number of hydrogen-bond acceptors (Lipinski definition) is 5. The van der Waals surface area contributed by atoms with E-state index in [1.54, 1.807) is 36.4 Å². The Hall–Kier alpha value is -2.88. The molecule has 3 aromatic carbocycles. The molecule has 0 saturated carbocycles. The highest BCUT2D eigenvalue weighted by Gasteiger charge is 2.14. The van der Waals surface area contributed by atoms with Gasteiger partial charge in [0.15, 0.2) is 0 Å². The van der Waals surface area contributed by atoms with Crippen LogP contribution < -0.4 is 10.0 Å². The number of hydrogen-bond donors (Lipinski definition) is 2. The number of nitrogens with zero attached hydrogens (tertiary/aromatic N) is 1. The fourth-order valence-corrected chi connectivity index (χ4v) is 4.10. The monoisotopic (exact) mass is 521 g/mol. The lowest BCUT2D eigenvalue weighted by Gasteiger charge is -2.14. The van der Waals surface area contributed by atoms with Gasteiger partial charge in [0.05, 0.1) is 21.2 Å². The van der Waals surface area contributed by atoms with Gasteiger partial charge in [-0.2, -0.15) is 0 Å². The molecule has 0 atom stereocenters. The van der Waals surface area contributed by atoms with Crippen molar-refractivity contribution in [2.75, 3.05) is 5.32 Å². The van der Waals surface area contributed by atoms with Crippen LogP contribution in [0.25, 0.3) is 5.70 Å². The lowest BCUT2D eigenvalue weighted by molar-refractivity contribution is -0.384. The Morgan fingerprint density at radius 1 is 1.06 bits per heavy atom. The average molecular weight is 523 g/mol. The molecule has 0 bridgehead atoms. The number of nitro groups is 1. The third-order valence-corrected chi connectivity index (χ3v) is 6.51. The zero-order valence-corrected chi connectivity index (χ0v) is 19.3. The molecule has 160 valence electrons. The first-order valence-electron chi connectivity index (χ1n) is 8.92. The van der Waals surface area contributed by atoms with Gasteiger partial charge in [-0.05, 0) is 58.7 Å². The Labute approximate surface area is 193 Å². The van der Waals surface area contributed by atoms with Crippen LogP contribution in [0.3, 0.4) is 0 Å². The quantitative estimate of drug-likeness (QED) is 0.306. The van der Waals surface area contributed by atoms with Gasteiger partial charge in [0, 0.05) is 27.8 Å². The third-order valence-electron chi connectivity index (χ3n) is 4.28. The summed E-state index contributed by atoms with van der Waals surface area (Å²) in [5.41, 5.74) is 2.46. The molecule has 0 aliphatic heterocycles. The molecule has 0 aromatic heterocycles. The number of halogens is 2. The van der Waals surface area contributed by atoms with E-state index in [-0.39, 0.29) is 10.6 Å². The molecule has 0 unspecified atom stereocenters. The van der Waals surface area contributed by atoms with Gasteiger partial charge in [-0.25, -0.2) is 8.42 Å². The number of aryl methyl sites for hydroxylation is 1. The lowest BCUT2D eigenvalue weighted by Crippen LogP contribution is -2.19. The summed E-state index contributed by atoms with van der Waals surface area (Å²) in [4.78, 5) is 10.6. The number of nitro benzene ring substituents is 1. The highest BCUT2D eigenvalue weighted by atomic mass is 79.9. The van der Waals surface area contributed by atoms with Gasteiger partial charge in [0.25, 0.3) is 15.7 Å². The predicted octanol–water partition coefficient (Wildman–Crippen LogP) is 5.71. The maximum Gasteiger partial charge on any atom is 0.270 e. The second-order valence-electron chi connectivity index (χ2n) is 6.55. The lowest BCUT2D eigenvalue weighted by atomic mass is 10.1. The van der Waals surface area contributed by atoms with E-state index < -0.39 is 14.9 Å². The molecule has 0 heterocycles. The molecule has 3 aromatic rings. The standard InChI is InChI=1S/C21H17BrClN3O4S/c1-14-2-9-18(10-3-14)31(29,30)24-13-21(15-4-6-16(23)7-5-15)25-20-11-8-17(26(27)28)12-19(20)22/h2-13,24-25H,1H3/b21-13-. The van der Waals surface area contributed by atoms with Crippen molar-refractivity contribution >= 4 is 54.6 Å². The molecule has 2 N–H and O–H groups in total. The van der Waals surface area contributed by atoms with Crippen LogP contribution in [0.2, 0.25) is 5.02 Å². The zero-order chi connectivity index (χ0) is 22.6. The fraction of sp³-hybridized carbons (Fsp3) is 0.0476. The van der Waals surface area contributed by atoms with Crippen molar-refractivity contribution in [2.24, 2.45) is 0 Å². The molecule has 7 nitrogen and oxygen atoms in total. The summed E-state index contributed by atoms with van der Waals surface area (Å²) in [6.45, 7) is 1.87. The van der Waals surface area contributed by atoms with Gasteiger partial charge in [-0.15, -0.1) is 0 Å². The molecule has 0 spiro atoms. The van der Waals surface area contributed by atoms with Crippen molar-refractivity contribution in [3.05, 3.63) is 104 Å². The summed E-state index contributed by atoms with van der Waals surface area (Å²) in [6, 6.07) is 17.5. The van der Waals surface area contributed by atoms with Crippen molar-refractivity contribution in [3.8, 4) is 0 Å². The average Bonchev–Trinajstić information content (AvgIpc) is 2.73. The molecule has 0 amide bonds. The van der Waals surface area contributed by atoms with Crippen LogP contribution in [-0.2, 0) is 10.0 Å².